The molecule has 1 N–H and O–H groups in total. The summed E-state index contributed by atoms with van der Waals surface area (Å²) in [6.07, 6.45) is 12.0. The molecule has 3 fully saturated rings. The van der Waals surface area contributed by atoms with Gasteiger partial charge in [0.1, 0.15) is 0 Å². The summed E-state index contributed by atoms with van der Waals surface area (Å²) in [5.41, 5.74) is 0. The van der Waals surface area contributed by atoms with Crippen molar-refractivity contribution < 1.29 is 0 Å². The van der Waals surface area contributed by atoms with Gasteiger partial charge >= 0.3 is 0 Å². The topological polar surface area (TPSA) is 12.0 Å². The van der Waals surface area contributed by atoms with Crippen LogP contribution in [0.2, 0.25) is 0 Å². The maximum absolute atomic E-state index is 3.95. The minimum atomic E-state index is 0.789. The van der Waals surface area contributed by atoms with Crippen molar-refractivity contribution in [1.82, 2.24) is 5.32 Å². The molecule has 0 amide bonds. The van der Waals surface area contributed by atoms with Crippen LogP contribution in [0.4, 0.5) is 0 Å². The molecule has 3 saturated carbocycles. The predicted molar refractivity (Wildman–Crippen MR) is 63.8 cm³/mol. The minimum absolute atomic E-state index is 0.789. The lowest BCUT2D eigenvalue weighted by Crippen LogP contribution is -2.43. The molecular formula is C14H25N. The Balaban J connectivity index is 1.52. The number of fused-ring (bicyclic) bond motifs is 2. The van der Waals surface area contributed by atoms with Gasteiger partial charge in [-0.3, -0.25) is 0 Å². The average molecular weight is 207 g/mol. The van der Waals surface area contributed by atoms with E-state index in [2.05, 4.69) is 12.2 Å². The van der Waals surface area contributed by atoms with E-state index in [9.17, 15) is 0 Å². The lowest BCUT2D eigenvalue weighted by atomic mass is 9.92. The van der Waals surface area contributed by atoms with E-state index in [0.29, 0.717) is 0 Å². The Morgan fingerprint density at radius 3 is 2.40 bits per heavy atom. The fraction of sp³-hybridized carbons (Fsp3) is 1.00. The SMILES string of the molecule is C[C@@H](NC1CC2CCC1C2)C1CCCC1. The van der Waals surface area contributed by atoms with E-state index in [4.69, 9.17) is 0 Å². The summed E-state index contributed by atoms with van der Waals surface area (Å²) in [7, 11) is 0. The van der Waals surface area contributed by atoms with Gasteiger partial charge in [-0.1, -0.05) is 19.3 Å². The van der Waals surface area contributed by atoms with Crippen molar-refractivity contribution in [3.8, 4) is 0 Å². The summed E-state index contributed by atoms with van der Waals surface area (Å²) in [5.74, 6) is 3.12. The zero-order valence-corrected chi connectivity index (χ0v) is 10.0. The van der Waals surface area contributed by atoms with Crippen molar-refractivity contribution in [3.05, 3.63) is 0 Å². The van der Waals surface area contributed by atoms with Gasteiger partial charge in [-0.25, -0.2) is 0 Å². The Kier molecular flexibility index (Phi) is 2.76. The summed E-state index contributed by atoms with van der Waals surface area (Å²) in [5, 5.41) is 3.95. The number of rotatable bonds is 3. The maximum Gasteiger partial charge on any atom is 0.0101 e. The lowest BCUT2D eigenvalue weighted by Gasteiger charge is -2.29. The summed E-state index contributed by atoms with van der Waals surface area (Å²) in [6.45, 7) is 2.43. The van der Waals surface area contributed by atoms with Crippen LogP contribution in [0.15, 0.2) is 0 Å². The number of hydrogen-bond acceptors (Lipinski definition) is 1. The zero-order valence-electron chi connectivity index (χ0n) is 10.0. The summed E-state index contributed by atoms with van der Waals surface area (Å²) in [4.78, 5) is 0. The smallest absolute Gasteiger partial charge is 0.0101 e. The maximum atomic E-state index is 3.95. The molecule has 0 spiro atoms. The summed E-state index contributed by atoms with van der Waals surface area (Å²) in [6, 6.07) is 1.68. The highest BCUT2D eigenvalue weighted by atomic mass is 15.0. The molecule has 15 heavy (non-hydrogen) atoms. The van der Waals surface area contributed by atoms with Crippen LogP contribution in [0.5, 0.6) is 0 Å². The van der Waals surface area contributed by atoms with Crippen molar-refractivity contribution in [1.29, 1.82) is 0 Å². The normalized spacial score (nSPS) is 42.6. The van der Waals surface area contributed by atoms with Gasteiger partial charge in [0.2, 0.25) is 0 Å². The second kappa shape index (κ2) is 4.08. The first-order chi connectivity index (χ1) is 7.33. The molecule has 0 aliphatic heterocycles. The fourth-order valence-corrected chi connectivity index (χ4v) is 4.38. The van der Waals surface area contributed by atoms with Crippen molar-refractivity contribution in [2.45, 2.75) is 70.4 Å². The molecule has 3 aliphatic rings. The average Bonchev–Trinajstić information content (AvgIpc) is 2.95. The molecule has 4 atom stereocenters. The lowest BCUT2D eigenvalue weighted by molar-refractivity contribution is 0.279. The van der Waals surface area contributed by atoms with E-state index in [1.165, 1.54) is 51.4 Å². The van der Waals surface area contributed by atoms with Gasteiger partial charge in [-0.15, -0.1) is 0 Å². The van der Waals surface area contributed by atoms with Crippen molar-refractivity contribution in [2.24, 2.45) is 17.8 Å². The molecule has 1 heteroatoms. The van der Waals surface area contributed by atoms with E-state index < -0.39 is 0 Å². The van der Waals surface area contributed by atoms with Crippen LogP contribution in [0.25, 0.3) is 0 Å². The standard InChI is InChI=1S/C14H25N/c1-10(12-4-2-3-5-12)15-14-9-11-6-7-13(14)8-11/h10-15H,2-9H2,1H3/t10-,11?,13?,14?/m1/s1. The molecule has 0 radical (unpaired) electrons. The first-order valence-electron chi connectivity index (χ1n) is 7.09. The third kappa shape index (κ3) is 1.95. The predicted octanol–water partition coefficient (Wildman–Crippen LogP) is 3.34. The quantitative estimate of drug-likeness (QED) is 0.748. The number of hydrogen-bond donors (Lipinski definition) is 1. The molecule has 3 aliphatic carbocycles. The highest BCUT2D eigenvalue weighted by Gasteiger charge is 2.40. The molecule has 3 rings (SSSR count). The van der Waals surface area contributed by atoms with E-state index >= 15 is 0 Å². The van der Waals surface area contributed by atoms with Gasteiger partial charge < -0.3 is 5.32 Å². The second-order valence-electron chi connectivity index (χ2n) is 6.28. The van der Waals surface area contributed by atoms with Crippen molar-refractivity contribution in [2.75, 3.05) is 0 Å². The van der Waals surface area contributed by atoms with Crippen LogP contribution in [0.1, 0.15) is 58.3 Å². The Labute approximate surface area is 94.0 Å². The van der Waals surface area contributed by atoms with Gasteiger partial charge in [0, 0.05) is 12.1 Å². The van der Waals surface area contributed by atoms with Crippen LogP contribution < -0.4 is 5.32 Å². The Hall–Kier alpha value is -0.0400. The third-order valence-corrected chi connectivity index (χ3v) is 5.32. The van der Waals surface area contributed by atoms with Gasteiger partial charge in [0.15, 0.2) is 0 Å². The zero-order chi connectivity index (χ0) is 10.3. The largest absolute Gasteiger partial charge is 0.311 e. The highest BCUT2D eigenvalue weighted by Crippen LogP contribution is 2.45. The Morgan fingerprint density at radius 1 is 1.00 bits per heavy atom. The molecule has 0 aromatic heterocycles. The number of nitrogens with one attached hydrogen (secondary N) is 1. The molecule has 1 nitrogen and oxygen atoms in total. The van der Waals surface area contributed by atoms with Gasteiger partial charge in [-0.2, -0.15) is 0 Å². The minimum Gasteiger partial charge on any atom is -0.311 e. The van der Waals surface area contributed by atoms with Gasteiger partial charge in [-0.05, 0) is 56.8 Å². The molecule has 0 aromatic carbocycles. The first-order valence-corrected chi connectivity index (χ1v) is 7.09. The van der Waals surface area contributed by atoms with Crippen LogP contribution in [-0.2, 0) is 0 Å². The van der Waals surface area contributed by atoms with E-state index in [1.807, 2.05) is 0 Å². The molecule has 0 aromatic rings. The molecule has 86 valence electrons. The van der Waals surface area contributed by atoms with Crippen LogP contribution in [0.3, 0.4) is 0 Å². The van der Waals surface area contributed by atoms with Gasteiger partial charge in [0.25, 0.3) is 0 Å². The van der Waals surface area contributed by atoms with E-state index in [0.717, 1.165) is 29.8 Å². The van der Waals surface area contributed by atoms with Crippen molar-refractivity contribution in [3.63, 3.8) is 0 Å². The van der Waals surface area contributed by atoms with E-state index in [1.54, 1.807) is 0 Å². The van der Waals surface area contributed by atoms with Crippen molar-refractivity contribution >= 4 is 0 Å². The molecule has 3 unspecified atom stereocenters. The van der Waals surface area contributed by atoms with Crippen LogP contribution in [0, 0.1) is 17.8 Å². The molecule has 0 saturated heterocycles. The third-order valence-electron chi connectivity index (χ3n) is 5.32. The molecular weight excluding hydrogens is 182 g/mol. The fourth-order valence-electron chi connectivity index (χ4n) is 4.38. The first kappa shape index (κ1) is 10.1. The van der Waals surface area contributed by atoms with E-state index in [-0.39, 0.29) is 0 Å². The summed E-state index contributed by atoms with van der Waals surface area (Å²) >= 11 is 0. The highest BCUT2D eigenvalue weighted by molar-refractivity contribution is 4.95. The molecule has 2 bridgehead atoms. The monoisotopic (exact) mass is 207 g/mol. The Morgan fingerprint density at radius 2 is 1.80 bits per heavy atom. The van der Waals surface area contributed by atoms with Crippen LogP contribution >= 0.6 is 0 Å². The Bertz CT molecular complexity index is 219. The van der Waals surface area contributed by atoms with Gasteiger partial charge in [0.05, 0.1) is 0 Å². The molecule has 0 heterocycles. The van der Waals surface area contributed by atoms with Crippen LogP contribution in [-0.4, -0.2) is 12.1 Å². The second-order valence-corrected chi connectivity index (χ2v) is 6.28. The summed E-state index contributed by atoms with van der Waals surface area (Å²) < 4.78 is 0.